The van der Waals surface area contributed by atoms with Crippen LogP contribution in [0.3, 0.4) is 0 Å². The number of hydrogen-bond acceptors (Lipinski definition) is 3. The Hall–Kier alpha value is -0.120. The summed E-state index contributed by atoms with van der Waals surface area (Å²) in [6.07, 6.45) is 2.21. The molecule has 3 heteroatoms. The van der Waals surface area contributed by atoms with E-state index in [4.69, 9.17) is 10.5 Å². The van der Waals surface area contributed by atoms with Gasteiger partial charge in [-0.1, -0.05) is 13.8 Å². The summed E-state index contributed by atoms with van der Waals surface area (Å²) in [4.78, 5) is 2.55. The van der Waals surface area contributed by atoms with Gasteiger partial charge in [-0.15, -0.1) is 0 Å². The van der Waals surface area contributed by atoms with Gasteiger partial charge in [0.1, 0.15) is 0 Å². The second kappa shape index (κ2) is 8.97. The van der Waals surface area contributed by atoms with Crippen molar-refractivity contribution >= 4 is 0 Å². The fraction of sp³-hybridized carbons (Fsp3) is 1.00. The normalized spacial score (nSPS) is 14.1. The predicted molar refractivity (Wildman–Crippen MR) is 70.6 cm³/mol. The summed E-state index contributed by atoms with van der Waals surface area (Å²) >= 11 is 0. The Morgan fingerprint density at radius 2 is 1.81 bits per heavy atom. The molecule has 0 amide bonds. The topological polar surface area (TPSA) is 38.5 Å². The first kappa shape index (κ1) is 15.9. The van der Waals surface area contributed by atoms with E-state index in [2.05, 4.69) is 32.6 Å². The molecule has 0 saturated carbocycles. The molecule has 3 nitrogen and oxygen atoms in total. The van der Waals surface area contributed by atoms with E-state index in [-0.39, 0.29) is 0 Å². The first-order valence-corrected chi connectivity index (χ1v) is 6.47. The van der Waals surface area contributed by atoms with Gasteiger partial charge in [0.2, 0.25) is 0 Å². The molecule has 0 rings (SSSR count). The highest BCUT2D eigenvalue weighted by Crippen LogP contribution is 2.14. The number of hydrogen-bond donors (Lipinski definition) is 1. The van der Waals surface area contributed by atoms with Gasteiger partial charge >= 0.3 is 0 Å². The monoisotopic (exact) mass is 230 g/mol. The van der Waals surface area contributed by atoms with Crippen molar-refractivity contribution in [3.8, 4) is 0 Å². The largest absolute Gasteiger partial charge is 0.383 e. The SMILES string of the molecule is COCC(CCCN)N(CC(C)C)C(C)C. The molecular weight excluding hydrogens is 200 g/mol. The van der Waals surface area contributed by atoms with Crippen LogP contribution in [0.4, 0.5) is 0 Å². The molecule has 0 saturated heterocycles. The number of methoxy groups -OCH3 is 1. The van der Waals surface area contributed by atoms with E-state index in [0.29, 0.717) is 18.0 Å². The summed E-state index contributed by atoms with van der Waals surface area (Å²) in [5.41, 5.74) is 5.59. The quantitative estimate of drug-likeness (QED) is 0.659. The Morgan fingerprint density at radius 3 is 2.19 bits per heavy atom. The molecule has 0 aromatic heterocycles. The highest BCUT2D eigenvalue weighted by atomic mass is 16.5. The van der Waals surface area contributed by atoms with Crippen LogP contribution in [0, 0.1) is 5.92 Å². The molecule has 98 valence electrons. The number of rotatable bonds is 9. The number of nitrogens with two attached hydrogens (primary N) is 1. The van der Waals surface area contributed by atoms with Crippen LogP contribution >= 0.6 is 0 Å². The molecule has 0 aliphatic rings. The summed E-state index contributed by atoms with van der Waals surface area (Å²) in [5.74, 6) is 0.694. The summed E-state index contributed by atoms with van der Waals surface area (Å²) in [7, 11) is 1.78. The van der Waals surface area contributed by atoms with Crippen LogP contribution in [-0.2, 0) is 4.74 Å². The van der Waals surface area contributed by atoms with Gasteiger partial charge in [-0.3, -0.25) is 4.90 Å². The molecule has 0 aliphatic carbocycles. The zero-order valence-corrected chi connectivity index (χ0v) is 11.7. The molecule has 0 aliphatic heterocycles. The van der Waals surface area contributed by atoms with Crippen LogP contribution in [-0.4, -0.2) is 43.8 Å². The summed E-state index contributed by atoms with van der Waals surface area (Å²) in [6, 6.07) is 1.08. The molecular formula is C13H30N2O. The van der Waals surface area contributed by atoms with Crippen molar-refractivity contribution in [2.75, 3.05) is 26.8 Å². The molecule has 1 atom stereocenters. The molecule has 16 heavy (non-hydrogen) atoms. The molecule has 0 spiro atoms. The van der Waals surface area contributed by atoms with Gasteiger partial charge in [0, 0.05) is 25.7 Å². The van der Waals surface area contributed by atoms with Crippen LogP contribution < -0.4 is 5.73 Å². The molecule has 0 radical (unpaired) electrons. The average Bonchev–Trinajstić information content (AvgIpc) is 2.20. The Bertz CT molecular complexity index is 160. The third kappa shape index (κ3) is 6.46. The van der Waals surface area contributed by atoms with Gasteiger partial charge < -0.3 is 10.5 Å². The van der Waals surface area contributed by atoms with Crippen molar-refractivity contribution in [2.45, 2.75) is 52.6 Å². The van der Waals surface area contributed by atoms with Gasteiger partial charge in [0.25, 0.3) is 0 Å². The second-order valence-corrected chi connectivity index (χ2v) is 5.22. The molecule has 0 fully saturated rings. The van der Waals surface area contributed by atoms with Crippen LogP contribution in [0.2, 0.25) is 0 Å². The highest BCUT2D eigenvalue weighted by Gasteiger charge is 2.21. The van der Waals surface area contributed by atoms with Gasteiger partial charge in [-0.25, -0.2) is 0 Å². The van der Waals surface area contributed by atoms with Gasteiger partial charge in [0.15, 0.2) is 0 Å². The minimum atomic E-state index is 0.510. The van der Waals surface area contributed by atoms with Crippen LogP contribution in [0.5, 0.6) is 0 Å². The second-order valence-electron chi connectivity index (χ2n) is 5.22. The van der Waals surface area contributed by atoms with Crippen molar-refractivity contribution in [1.82, 2.24) is 4.90 Å². The van der Waals surface area contributed by atoms with Gasteiger partial charge in [-0.2, -0.15) is 0 Å². The standard InChI is InChI=1S/C13H30N2O/c1-11(2)9-15(12(3)4)13(10-16-5)7-6-8-14/h11-13H,6-10,14H2,1-5H3. The lowest BCUT2D eigenvalue weighted by Crippen LogP contribution is -2.45. The zero-order chi connectivity index (χ0) is 12.6. The Labute approximate surface area is 101 Å². The third-order valence-corrected chi connectivity index (χ3v) is 2.81. The van der Waals surface area contributed by atoms with Crippen molar-refractivity contribution < 1.29 is 4.74 Å². The third-order valence-electron chi connectivity index (χ3n) is 2.81. The molecule has 0 aromatic carbocycles. The molecule has 0 bridgehead atoms. The fourth-order valence-electron chi connectivity index (χ4n) is 2.09. The minimum absolute atomic E-state index is 0.510. The maximum Gasteiger partial charge on any atom is 0.0618 e. The lowest BCUT2D eigenvalue weighted by Gasteiger charge is -2.36. The van der Waals surface area contributed by atoms with E-state index in [1.54, 1.807) is 7.11 Å². The summed E-state index contributed by atoms with van der Waals surface area (Å²) < 4.78 is 5.33. The lowest BCUT2D eigenvalue weighted by molar-refractivity contribution is 0.0561. The lowest BCUT2D eigenvalue weighted by atomic mass is 10.1. The maximum absolute atomic E-state index is 5.59. The molecule has 0 heterocycles. The van der Waals surface area contributed by atoms with E-state index in [9.17, 15) is 0 Å². The fourth-order valence-corrected chi connectivity index (χ4v) is 2.09. The molecule has 0 aromatic rings. The summed E-state index contributed by atoms with van der Waals surface area (Å²) in [5, 5.41) is 0. The maximum atomic E-state index is 5.59. The van der Waals surface area contributed by atoms with Crippen LogP contribution in [0.15, 0.2) is 0 Å². The van der Waals surface area contributed by atoms with E-state index >= 15 is 0 Å². The Kier molecular flexibility index (Phi) is 8.90. The minimum Gasteiger partial charge on any atom is -0.383 e. The van der Waals surface area contributed by atoms with Crippen LogP contribution in [0.25, 0.3) is 0 Å². The van der Waals surface area contributed by atoms with Crippen LogP contribution in [0.1, 0.15) is 40.5 Å². The first-order valence-electron chi connectivity index (χ1n) is 6.47. The first-order chi connectivity index (χ1) is 7.52. The van der Waals surface area contributed by atoms with Gasteiger partial charge in [-0.05, 0) is 39.2 Å². The Balaban J connectivity index is 4.38. The van der Waals surface area contributed by atoms with Crippen molar-refractivity contribution in [3.05, 3.63) is 0 Å². The van der Waals surface area contributed by atoms with E-state index in [1.807, 2.05) is 0 Å². The van der Waals surface area contributed by atoms with E-state index in [0.717, 1.165) is 32.5 Å². The smallest absolute Gasteiger partial charge is 0.0618 e. The van der Waals surface area contributed by atoms with Crippen molar-refractivity contribution in [1.29, 1.82) is 0 Å². The average molecular weight is 230 g/mol. The number of nitrogens with zero attached hydrogens (tertiary/aromatic N) is 1. The Morgan fingerprint density at radius 1 is 1.19 bits per heavy atom. The van der Waals surface area contributed by atoms with E-state index in [1.165, 1.54) is 0 Å². The number of ether oxygens (including phenoxy) is 1. The molecule has 2 N–H and O–H groups in total. The zero-order valence-electron chi connectivity index (χ0n) is 11.7. The highest BCUT2D eigenvalue weighted by molar-refractivity contribution is 4.76. The van der Waals surface area contributed by atoms with Crippen molar-refractivity contribution in [2.24, 2.45) is 11.7 Å². The summed E-state index contributed by atoms with van der Waals surface area (Å²) in [6.45, 7) is 11.8. The molecule has 1 unspecified atom stereocenters. The van der Waals surface area contributed by atoms with Crippen molar-refractivity contribution in [3.63, 3.8) is 0 Å². The predicted octanol–water partition coefficient (Wildman–Crippen LogP) is 2.11. The van der Waals surface area contributed by atoms with Gasteiger partial charge in [0.05, 0.1) is 6.61 Å². The van der Waals surface area contributed by atoms with E-state index < -0.39 is 0 Å².